The van der Waals surface area contributed by atoms with Crippen LogP contribution in [0.5, 0.6) is 0 Å². The summed E-state index contributed by atoms with van der Waals surface area (Å²) in [4.78, 5) is 16.5. The van der Waals surface area contributed by atoms with E-state index in [0.29, 0.717) is 18.1 Å². The molecule has 134 valence electrons. The molecule has 0 bridgehead atoms. The smallest absolute Gasteiger partial charge is 0.232 e. The number of fused-ring (bicyclic) bond motifs is 1. The predicted octanol–water partition coefficient (Wildman–Crippen LogP) is 3.12. The van der Waals surface area contributed by atoms with Gasteiger partial charge in [0.15, 0.2) is 5.13 Å². The van der Waals surface area contributed by atoms with Crippen LogP contribution < -0.4 is 9.62 Å². The van der Waals surface area contributed by atoms with E-state index >= 15 is 0 Å². The molecule has 1 aromatic carbocycles. The van der Waals surface area contributed by atoms with E-state index in [2.05, 4.69) is 10.3 Å². The van der Waals surface area contributed by atoms with E-state index in [1.807, 2.05) is 44.4 Å². The molecule has 0 atom stereocenters. The Kier molecular flexibility index (Phi) is 4.36. The Balaban J connectivity index is 1.84. The van der Waals surface area contributed by atoms with E-state index in [-0.39, 0.29) is 5.91 Å². The molecule has 1 aliphatic rings. The third-order valence-electron chi connectivity index (χ3n) is 4.03. The molecule has 1 aromatic heterocycles. The molecule has 1 N–H and O–H groups in total. The molecule has 3 rings (SSSR count). The minimum atomic E-state index is -3.24. The Morgan fingerprint density at radius 1 is 1.32 bits per heavy atom. The van der Waals surface area contributed by atoms with Crippen LogP contribution in [0.3, 0.4) is 0 Å². The third kappa shape index (κ3) is 3.69. The lowest BCUT2D eigenvalue weighted by Crippen LogP contribution is -2.27. The molecule has 2 heterocycles. The molecule has 8 heteroatoms. The molecular weight excluding hydrogens is 358 g/mol. The first-order valence-electron chi connectivity index (χ1n) is 7.94. The molecule has 0 radical (unpaired) electrons. The first kappa shape index (κ1) is 17.9. The Morgan fingerprint density at radius 2 is 2.04 bits per heavy atom. The average molecular weight is 380 g/mol. The van der Waals surface area contributed by atoms with Gasteiger partial charge in [-0.25, -0.2) is 13.4 Å². The van der Waals surface area contributed by atoms with Crippen LogP contribution in [0.1, 0.15) is 26.3 Å². The molecule has 6 nitrogen and oxygen atoms in total. The first-order valence-corrected chi connectivity index (χ1v) is 10.7. The quantitative estimate of drug-likeness (QED) is 0.889. The maximum absolute atomic E-state index is 12.1. The number of benzene rings is 1. The highest BCUT2D eigenvalue weighted by Crippen LogP contribution is 2.34. The lowest BCUT2D eigenvalue weighted by atomic mass is 9.96. The average Bonchev–Trinajstić information content (AvgIpc) is 3.11. The number of carbonyl (C=O) groups excluding carboxylic acids is 1. The number of sulfonamides is 1. The van der Waals surface area contributed by atoms with Crippen LogP contribution in [0.4, 0.5) is 10.8 Å². The zero-order valence-corrected chi connectivity index (χ0v) is 16.3. The molecule has 0 saturated heterocycles. The zero-order valence-electron chi connectivity index (χ0n) is 14.7. The Morgan fingerprint density at radius 3 is 2.68 bits per heavy atom. The van der Waals surface area contributed by atoms with Crippen LogP contribution >= 0.6 is 11.3 Å². The van der Waals surface area contributed by atoms with Gasteiger partial charge in [-0.15, -0.1) is 11.3 Å². The summed E-state index contributed by atoms with van der Waals surface area (Å²) in [7, 11) is -3.24. The van der Waals surface area contributed by atoms with Crippen LogP contribution in [0.25, 0.3) is 11.3 Å². The number of hydrogen-bond donors (Lipinski definition) is 1. The fourth-order valence-electron chi connectivity index (χ4n) is 2.62. The number of amides is 1. The van der Waals surface area contributed by atoms with Gasteiger partial charge in [0.05, 0.1) is 17.6 Å². The molecule has 25 heavy (non-hydrogen) atoms. The lowest BCUT2D eigenvalue weighted by Gasteiger charge is -2.16. The van der Waals surface area contributed by atoms with E-state index in [4.69, 9.17) is 0 Å². The summed E-state index contributed by atoms with van der Waals surface area (Å²) >= 11 is 1.38. The van der Waals surface area contributed by atoms with E-state index in [1.165, 1.54) is 21.9 Å². The fourth-order valence-corrected chi connectivity index (χ4v) is 4.30. The van der Waals surface area contributed by atoms with Gasteiger partial charge < -0.3 is 5.32 Å². The van der Waals surface area contributed by atoms with Gasteiger partial charge in [0, 0.05) is 22.9 Å². The van der Waals surface area contributed by atoms with Gasteiger partial charge in [0.2, 0.25) is 15.9 Å². The van der Waals surface area contributed by atoms with E-state index < -0.39 is 15.4 Å². The SMILES string of the molecule is CC(C)(C)C(=O)Nc1nc(-c2ccc3c(c2)CCN3S(C)(=O)=O)cs1. The van der Waals surface area contributed by atoms with Gasteiger partial charge in [-0.2, -0.15) is 0 Å². The summed E-state index contributed by atoms with van der Waals surface area (Å²) in [5.41, 5.74) is 2.95. The zero-order chi connectivity index (χ0) is 18.4. The van der Waals surface area contributed by atoms with Gasteiger partial charge >= 0.3 is 0 Å². The van der Waals surface area contributed by atoms with Crippen molar-refractivity contribution in [3.63, 3.8) is 0 Å². The highest BCUT2D eigenvalue weighted by molar-refractivity contribution is 7.92. The Bertz CT molecular complexity index is 927. The van der Waals surface area contributed by atoms with Crippen molar-refractivity contribution in [1.29, 1.82) is 0 Å². The molecular formula is C17H21N3O3S2. The Labute approximate surface area is 151 Å². The summed E-state index contributed by atoms with van der Waals surface area (Å²) in [6.07, 6.45) is 1.91. The summed E-state index contributed by atoms with van der Waals surface area (Å²) in [5, 5.41) is 5.29. The van der Waals surface area contributed by atoms with Crippen molar-refractivity contribution in [2.24, 2.45) is 5.41 Å². The minimum Gasteiger partial charge on any atom is -0.302 e. The van der Waals surface area contributed by atoms with Crippen LogP contribution in [-0.2, 0) is 21.2 Å². The molecule has 0 saturated carbocycles. The number of nitrogens with zero attached hydrogens (tertiary/aromatic N) is 2. The van der Waals surface area contributed by atoms with Crippen LogP contribution in [0.15, 0.2) is 23.6 Å². The topological polar surface area (TPSA) is 79.4 Å². The number of thiazole rings is 1. The summed E-state index contributed by atoms with van der Waals surface area (Å²) in [6, 6.07) is 5.67. The number of anilines is 2. The van der Waals surface area contributed by atoms with Crippen LogP contribution in [-0.4, -0.2) is 32.1 Å². The van der Waals surface area contributed by atoms with Crippen molar-refractivity contribution in [1.82, 2.24) is 4.98 Å². The lowest BCUT2D eigenvalue weighted by molar-refractivity contribution is -0.123. The van der Waals surface area contributed by atoms with Crippen molar-refractivity contribution in [2.45, 2.75) is 27.2 Å². The van der Waals surface area contributed by atoms with Gasteiger partial charge in [0.25, 0.3) is 0 Å². The van der Waals surface area contributed by atoms with Gasteiger partial charge in [-0.05, 0) is 24.1 Å². The highest BCUT2D eigenvalue weighted by atomic mass is 32.2. The normalized spacial score (nSPS) is 14.5. The summed E-state index contributed by atoms with van der Waals surface area (Å²) in [6.45, 7) is 6.03. The van der Waals surface area contributed by atoms with E-state index in [0.717, 1.165) is 22.5 Å². The van der Waals surface area contributed by atoms with Crippen LogP contribution in [0, 0.1) is 5.41 Å². The van der Waals surface area contributed by atoms with Crippen LogP contribution in [0.2, 0.25) is 0 Å². The van der Waals surface area contributed by atoms with Gasteiger partial charge in [0.1, 0.15) is 0 Å². The maximum Gasteiger partial charge on any atom is 0.232 e. The fraction of sp³-hybridized carbons (Fsp3) is 0.412. The van der Waals surface area contributed by atoms with Gasteiger partial charge in [-0.1, -0.05) is 26.8 Å². The largest absolute Gasteiger partial charge is 0.302 e. The minimum absolute atomic E-state index is 0.0776. The van der Waals surface area contributed by atoms with Crippen molar-refractivity contribution in [3.05, 3.63) is 29.1 Å². The number of aromatic nitrogens is 1. The monoisotopic (exact) mass is 379 g/mol. The number of hydrogen-bond acceptors (Lipinski definition) is 5. The Hall–Kier alpha value is -1.93. The molecule has 0 spiro atoms. The summed E-state index contributed by atoms with van der Waals surface area (Å²) in [5.74, 6) is -0.0776. The maximum atomic E-state index is 12.1. The van der Waals surface area contributed by atoms with E-state index in [9.17, 15) is 13.2 Å². The second kappa shape index (κ2) is 6.10. The predicted molar refractivity (Wildman–Crippen MR) is 102 cm³/mol. The summed E-state index contributed by atoms with van der Waals surface area (Å²) < 4.78 is 25.1. The highest BCUT2D eigenvalue weighted by Gasteiger charge is 2.26. The molecule has 1 amide bonds. The number of carbonyl (C=O) groups is 1. The molecule has 0 aliphatic carbocycles. The second-order valence-corrected chi connectivity index (χ2v) is 9.94. The first-order chi connectivity index (χ1) is 11.6. The third-order valence-corrected chi connectivity index (χ3v) is 5.97. The molecule has 0 fully saturated rings. The number of nitrogens with one attached hydrogen (secondary N) is 1. The van der Waals surface area contributed by atoms with Crippen molar-refractivity contribution in [3.8, 4) is 11.3 Å². The second-order valence-electron chi connectivity index (χ2n) is 7.17. The molecule has 2 aromatic rings. The molecule has 1 aliphatic heterocycles. The van der Waals surface area contributed by atoms with Crippen molar-refractivity contribution in [2.75, 3.05) is 22.4 Å². The van der Waals surface area contributed by atoms with Crippen molar-refractivity contribution >= 4 is 38.1 Å². The standard InChI is InChI=1S/C17H21N3O3S2/c1-17(2,3)15(21)19-16-18-13(10-24-16)11-5-6-14-12(9-11)7-8-20(14)25(4,22)23/h5-6,9-10H,7-8H2,1-4H3,(H,18,19,21). The number of rotatable bonds is 3. The molecule has 0 unspecified atom stereocenters. The van der Waals surface area contributed by atoms with Crippen molar-refractivity contribution < 1.29 is 13.2 Å². The van der Waals surface area contributed by atoms with Gasteiger partial charge in [-0.3, -0.25) is 9.10 Å². The van der Waals surface area contributed by atoms with E-state index in [1.54, 1.807) is 0 Å².